The SMILES string of the molecule is CC1CC(Nc2cc(C(N)=O)c(N)cn2)C1. The molecule has 16 heavy (non-hydrogen) atoms. The number of rotatable bonds is 3. The van der Waals surface area contributed by atoms with E-state index in [0.29, 0.717) is 23.1 Å². The average Bonchev–Trinajstić information content (AvgIpc) is 2.18. The molecular formula is C11H16N4O. The number of carbonyl (C=O) groups excluding carboxylic acids is 1. The van der Waals surface area contributed by atoms with Crippen LogP contribution in [-0.2, 0) is 0 Å². The monoisotopic (exact) mass is 220 g/mol. The van der Waals surface area contributed by atoms with Crippen molar-refractivity contribution >= 4 is 17.4 Å². The molecule has 1 fully saturated rings. The van der Waals surface area contributed by atoms with Gasteiger partial charge in [0.2, 0.25) is 0 Å². The number of primary amides is 1. The topological polar surface area (TPSA) is 94.0 Å². The van der Waals surface area contributed by atoms with E-state index in [0.717, 1.165) is 18.8 Å². The van der Waals surface area contributed by atoms with Crippen molar-refractivity contribution in [2.45, 2.75) is 25.8 Å². The molecule has 5 N–H and O–H groups in total. The maximum absolute atomic E-state index is 11.1. The quantitative estimate of drug-likeness (QED) is 0.707. The van der Waals surface area contributed by atoms with E-state index in [-0.39, 0.29) is 0 Å². The van der Waals surface area contributed by atoms with Gasteiger partial charge in [-0.15, -0.1) is 0 Å². The molecule has 0 bridgehead atoms. The van der Waals surface area contributed by atoms with Crippen molar-refractivity contribution in [1.82, 2.24) is 4.98 Å². The second-order valence-corrected chi connectivity index (χ2v) is 4.44. The van der Waals surface area contributed by atoms with E-state index in [2.05, 4.69) is 17.2 Å². The number of nitrogens with two attached hydrogens (primary N) is 2. The number of aromatic nitrogens is 1. The highest BCUT2D eigenvalue weighted by Crippen LogP contribution is 2.29. The summed E-state index contributed by atoms with van der Waals surface area (Å²) >= 11 is 0. The first-order valence-electron chi connectivity index (χ1n) is 5.38. The molecular weight excluding hydrogens is 204 g/mol. The molecule has 5 nitrogen and oxygen atoms in total. The summed E-state index contributed by atoms with van der Waals surface area (Å²) in [5.74, 6) is 0.909. The summed E-state index contributed by atoms with van der Waals surface area (Å²) in [5.41, 5.74) is 11.5. The van der Waals surface area contributed by atoms with E-state index < -0.39 is 5.91 Å². The molecule has 0 aromatic carbocycles. The number of nitrogen functional groups attached to an aromatic ring is 1. The van der Waals surface area contributed by atoms with Crippen molar-refractivity contribution in [3.8, 4) is 0 Å². The van der Waals surface area contributed by atoms with Gasteiger partial charge in [0, 0.05) is 6.04 Å². The molecule has 0 saturated heterocycles. The Hall–Kier alpha value is -1.78. The minimum Gasteiger partial charge on any atom is -0.397 e. The summed E-state index contributed by atoms with van der Waals surface area (Å²) in [6.45, 7) is 2.21. The number of hydrogen-bond donors (Lipinski definition) is 3. The molecule has 1 amide bonds. The van der Waals surface area contributed by atoms with Crippen molar-refractivity contribution in [2.24, 2.45) is 11.7 Å². The molecule has 86 valence electrons. The first-order valence-corrected chi connectivity index (χ1v) is 5.38. The van der Waals surface area contributed by atoms with Crippen molar-refractivity contribution in [3.63, 3.8) is 0 Å². The van der Waals surface area contributed by atoms with Crippen LogP contribution in [0.5, 0.6) is 0 Å². The van der Waals surface area contributed by atoms with Gasteiger partial charge in [0.1, 0.15) is 5.82 Å². The smallest absolute Gasteiger partial charge is 0.250 e. The Morgan fingerprint density at radius 3 is 2.81 bits per heavy atom. The maximum Gasteiger partial charge on any atom is 0.250 e. The van der Waals surface area contributed by atoms with Crippen LogP contribution in [0.4, 0.5) is 11.5 Å². The lowest BCUT2D eigenvalue weighted by atomic mass is 9.82. The predicted molar refractivity (Wildman–Crippen MR) is 63.0 cm³/mol. The van der Waals surface area contributed by atoms with Gasteiger partial charge in [-0.05, 0) is 24.8 Å². The minimum absolute atomic E-state index is 0.319. The Bertz CT molecular complexity index is 412. The Balaban J connectivity index is 2.10. The maximum atomic E-state index is 11.1. The Labute approximate surface area is 94.2 Å². The fourth-order valence-corrected chi connectivity index (χ4v) is 1.99. The summed E-state index contributed by atoms with van der Waals surface area (Å²) in [7, 11) is 0. The van der Waals surface area contributed by atoms with E-state index in [1.54, 1.807) is 6.07 Å². The van der Waals surface area contributed by atoms with Crippen LogP contribution in [0.1, 0.15) is 30.1 Å². The molecule has 1 aromatic rings. The Morgan fingerprint density at radius 1 is 1.56 bits per heavy atom. The van der Waals surface area contributed by atoms with E-state index in [1.807, 2.05) is 0 Å². The van der Waals surface area contributed by atoms with Crippen molar-refractivity contribution < 1.29 is 4.79 Å². The number of nitrogens with one attached hydrogen (secondary N) is 1. The molecule has 0 atom stereocenters. The van der Waals surface area contributed by atoms with Gasteiger partial charge >= 0.3 is 0 Å². The van der Waals surface area contributed by atoms with Crippen LogP contribution in [0.25, 0.3) is 0 Å². The van der Waals surface area contributed by atoms with E-state index in [1.165, 1.54) is 6.20 Å². The van der Waals surface area contributed by atoms with E-state index >= 15 is 0 Å². The number of pyridine rings is 1. The molecule has 0 radical (unpaired) electrons. The highest BCUT2D eigenvalue weighted by atomic mass is 16.1. The van der Waals surface area contributed by atoms with Gasteiger partial charge in [-0.3, -0.25) is 4.79 Å². The fourth-order valence-electron chi connectivity index (χ4n) is 1.99. The Kier molecular flexibility index (Phi) is 2.68. The fraction of sp³-hybridized carbons (Fsp3) is 0.455. The summed E-state index contributed by atoms with van der Waals surface area (Å²) in [5, 5.41) is 3.26. The van der Waals surface area contributed by atoms with Crippen molar-refractivity contribution in [3.05, 3.63) is 17.8 Å². The standard InChI is InChI=1S/C11H16N4O/c1-6-2-7(3-6)15-10-4-8(11(13)16)9(12)5-14-10/h4-7H,2-3,12H2,1H3,(H2,13,16)(H,14,15). The largest absolute Gasteiger partial charge is 0.397 e. The average molecular weight is 220 g/mol. The molecule has 1 aliphatic carbocycles. The number of nitrogens with zero attached hydrogens (tertiary/aromatic N) is 1. The molecule has 1 aromatic heterocycles. The van der Waals surface area contributed by atoms with Gasteiger partial charge in [-0.1, -0.05) is 6.92 Å². The highest BCUT2D eigenvalue weighted by Gasteiger charge is 2.25. The van der Waals surface area contributed by atoms with Crippen LogP contribution in [0.2, 0.25) is 0 Å². The minimum atomic E-state index is -0.523. The van der Waals surface area contributed by atoms with Crippen LogP contribution in [-0.4, -0.2) is 16.9 Å². The molecule has 0 aliphatic heterocycles. The first-order chi connectivity index (χ1) is 7.56. The molecule has 1 saturated carbocycles. The molecule has 0 unspecified atom stereocenters. The number of hydrogen-bond acceptors (Lipinski definition) is 4. The molecule has 0 spiro atoms. The van der Waals surface area contributed by atoms with Gasteiger partial charge in [-0.25, -0.2) is 4.98 Å². The van der Waals surface area contributed by atoms with Gasteiger partial charge in [0.15, 0.2) is 0 Å². The molecule has 1 heterocycles. The molecule has 2 rings (SSSR count). The summed E-state index contributed by atoms with van der Waals surface area (Å²) < 4.78 is 0. The normalized spacial score (nSPS) is 23.6. The predicted octanol–water partition coefficient (Wildman–Crippen LogP) is 0.973. The number of anilines is 2. The second kappa shape index (κ2) is 4.00. The zero-order valence-corrected chi connectivity index (χ0v) is 9.23. The lowest BCUT2D eigenvalue weighted by molar-refractivity contribution is 0.100. The first kappa shape index (κ1) is 10.7. The molecule has 5 heteroatoms. The van der Waals surface area contributed by atoms with E-state index in [4.69, 9.17) is 11.5 Å². The summed E-state index contributed by atoms with van der Waals surface area (Å²) in [4.78, 5) is 15.2. The van der Waals surface area contributed by atoms with Gasteiger partial charge in [-0.2, -0.15) is 0 Å². The highest BCUT2D eigenvalue weighted by molar-refractivity contribution is 5.98. The van der Waals surface area contributed by atoms with Crippen LogP contribution < -0.4 is 16.8 Å². The third-order valence-corrected chi connectivity index (χ3v) is 2.93. The van der Waals surface area contributed by atoms with Gasteiger partial charge in [0.05, 0.1) is 17.4 Å². The third-order valence-electron chi connectivity index (χ3n) is 2.93. The van der Waals surface area contributed by atoms with Crippen LogP contribution >= 0.6 is 0 Å². The Morgan fingerprint density at radius 2 is 2.25 bits per heavy atom. The third kappa shape index (κ3) is 2.08. The van der Waals surface area contributed by atoms with Gasteiger partial charge < -0.3 is 16.8 Å². The van der Waals surface area contributed by atoms with Crippen molar-refractivity contribution in [1.29, 1.82) is 0 Å². The summed E-state index contributed by atoms with van der Waals surface area (Å²) in [6, 6.07) is 2.06. The lowest BCUT2D eigenvalue weighted by Gasteiger charge is -2.33. The van der Waals surface area contributed by atoms with E-state index in [9.17, 15) is 4.79 Å². The lowest BCUT2D eigenvalue weighted by Crippen LogP contribution is -2.34. The number of carbonyl (C=O) groups is 1. The second-order valence-electron chi connectivity index (χ2n) is 4.44. The molecule has 1 aliphatic rings. The van der Waals surface area contributed by atoms with Crippen LogP contribution in [0.3, 0.4) is 0 Å². The van der Waals surface area contributed by atoms with Gasteiger partial charge in [0.25, 0.3) is 5.91 Å². The van der Waals surface area contributed by atoms with Crippen LogP contribution in [0, 0.1) is 5.92 Å². The zero-order chi connectivity index (χ0) is 11.7. The van der Waals surface area contributed by atoms with Crippen LogP contribution in [0.15, 0.2) is 12.3 Å². The number of amides is 1. The van der Waals surface area contributed by atoms with Crippen molar-refractivity contribution in [2.75, 3.05) is 11.1 Å². The zero-order valence-electron chi connectivity index (χ0n) is 9.23. The summed E-state index contributed by atoms with van der Waals surface area (Å²) in [6.07, 6.45) is 3.74.